The molecule has 1 amide bonds. The van der Waals surface area contributed by atoms with E-state index in [-0.39, 0.29) is 17.4 Å². The Bertz CT molecular complexity index is 1070. The van der Waals surface area contributed by atoms with Crippen LogP contribution in [-0.2, 0) is 17.8 Å². The van der Waals surface area contributed by atoms with Gasteiger partial charge >= 0.3 is 5.69 Å². The number of aryl methyl sites for hydroxylation is 1. The summed E-state index contributed by atoms with van der Waals surface area (Å²) >= 11 is 1.25. The van der Waals surface area contributed by atoms with E-state index in [1.807, 2.05) is 37.3 Å². The molecule has 1 heterocycles. The lowest BCUT2D eigenvalue weighted by Crippen LogP contribution is -2.20. The summed E-state index contributed by atoms with van der Waals surface area (Å²) in [5.41, 5.74) is 2.05. The number of carbonyl (C=O) groups is 2. The number of anilines is 1. The number of amides is 1. The number of benzene rings is 2. The standard InChI is InChI=1S/C23H26N4O3S/c1-3-7-20(28)24-19-12-10-18(11-13-19)21(29)16(2)31-23-26-25-22(30)27(23)15-14-17-8-5-4-6-9-17/h4-6,8-13,16H,3,7,14-15H2,1-2H3,(H,24,28)(H,25,30). The lowest BCUT2D eigenvalue weighted by Gasteiger charge is -2.12. The first-order chi connectivity index (χ1) is 15.0. The molecular weight excluding hydrogens is 412 g/mol. The Balaban J connectivity index is 1.63. The highest BCUT2D eigenvalue weighted by molar-refractivity contribution is 8.00. The van der Waals surface area contributed by atoms with E-state index in [2.05, 4.69) is 15.5 Å². The number of nitrogens with one attached hydrogen (secondary N) is 2. The summed E-state index contributed by atoms with van der Waals surface area (Å²) in [6.45, 7) is 4.22. The van der Waals surface area contributed by atoms with Gasteiger partial charge in [-0.25, -0.2) is 9.89 Å². The Morgan fingerprint density at radius 3 is 2.52 bits per heavy atom. The maximum absolute atomic E-state index is 12.8. The van der Waals surface area contributed by atoms with Crippen LogP contribution in [0.2, 0.25) is 0 Å². The molecule has 31 heavy (non-hydrogen) atoms. The Labute approximate surface area is 185 Å². The van der Waals surface area contributed by atoms with Crippen LogP contribution in [0.15, 0.2) is 64.5 Å². The summed E-state index contributed by atoms with van der Waals surface area (Å²) < 4.78 is 1.56. The molecule has 8 heteroatoms. The van der Waals surface area contributed by atoms with Gasteiger partial charge in [0, 0.05) is 24.2 Å². The van der Waals surface area contributed by atoms with Crippen molar-refractivity contribution in [3.63, 3.8) is 0 Å². The van der Waals surface area contributed by atoms with Crippen LogP contribution in [0.3, 0.4) is 0 Å². The molecule has 1 atom stereocenters. The monoisotopic (exact) mass is 438 g/mol. The van der Waals surface area contributed by atoms with Crippen molar-refractivity contribution in [1.29, 1.82) is 0 Å². The Morgan fingerprint density at radius 1 is 1.13 bits per heavy atom. The fourth-order valence-electron chi connectivity index (χ4n) is 3.09. The van der Waals surface area contributed by atoms with Crippen LogP contribution in [0.4, 0.5) is 5.69 Å². The second kappa shape index (κ2) is 10.8. The van der Waals surface area contributed by atoms with Crippen LogP contribution in [0.25, 0.3) is 0 Å². The quantitative estimate of drug-likeness (QED) is 0.369. The summed E-state index contributed by atoms with van der Waals surface area (Å²) in [5, 5.41) is 9.45. The number of hydrogen-bond acceptors (Lipinski definition) is 5. The van der Waals surface area contributed by atoms with Gasteiger partial charge < -0.3 is 5.32 Å². The zero-order valence-electron chi connectivity index (χ0n) is 17.6. The molecule has 0 aliphatic heterocycles. The van der Waals surface area contributed by atoms with Gasteiger partial charge in [-0.15, -0.1) is 5.10 Å². The van der Waals surface area contributed by atoms with Crippen LogP contribution in [0.5, 0.6) is 0 Å². The topological polar surface area (TPSA) is 96.8 Å². The van der Waals surface area contributed by atoms with E-state index >= 15 is 0 Å². The summed E-state index contributed by atoms with van der Waals surface area (Å²) in [7, 11) is 0. The molecule has 0 radical (unpaired) electrons. The van der Waals surface area contributed by atoms with Gasteiger partial charge in [0.2, 0.25) is 5.91 Å². The molecule has 0 saturated carbocycles. The van der Waals surface area contributed by atoms with Gasteiger partial charge in [-0.3, -0.25) is 14.2 Å². The van der Waals surface area contributed by atoms with Gasteiger partial charge in [-0.1, -0.05) is 49.0 Å². The molecule has 0 aliphatic rings. The molecule has 2 N–H and O–H groups in total. The van der Waals surface area contributed by atoms with E-state index in [0.29, 0.717) is 35.8 Å². The third-order valence-corrected chi connectivity index (χ3v) is 5.86. The molecule has 0 aliphatic carbocycles. The predicted octanol–water partition coefficient (Wildman–Crippen LogP) is 3.92. The van der Waals surface area contributed by atoms with Gasteiger partial charge in [-0.05, 0) is 49.6 Å². The lowest BCUT2D eigenvalue weighted by molar-refractivity contribution is -0.116. The summed E-state index contributed by atoms with van der Waals surface area (Å²) in [4.78, 5) is 36.7. The maximum atomic E-state index is 12.8. The van der Waals surface area contributed by atoms with Crippen LogP contribution in [-0.4, -0.2) is 31.7 Å². The molecule has 0 spiro atoms. The highest BCUT2D eigenvalue weighted by atomic mass is 32.2. The van der Waals surface area contributed by atoms with E-state index in [1.165, 1.54) is 11.8 Å². The maximum Gasteiger partial charge on any atom is 0.343 e. The molecule has 0 bridgehead atoms. The van der Waals surface area contributed by atoms with Gasteiger partial charge in [0.05, 0.1) is 5.25 Å². The largest absolute Gasteiger partial charge is 0.343 e. The first kappa shape index (κ1) is 22.6. The number of nitrogens with zero attached hydrogens (tertiary/aromatic N) is 2. The number of ketones is 1. The van der Waals surface area contributed by atoms with E-state index < -0.39 is 5.25 Å². The van der Waals surface area contributed by atoms with Crippen molar-refractivity contribution in [2.75, 3.05) is 5.32 Å². The average Bonchev–Trinajstić information content (AvgIpc) is 3.12. The normalized spacial score (nSPS) is 11.8. The molecule has 7 nitrogen and oxygen atoms in total. The molecule has 0 saturated heterocycles. The molecule has 1 unspecified atom stereocenters. The van der Waals surface area contributed by atoms with Crippen LogP contribution in [0.1, 0.15) is 42.6 Å². The van der Waals surface area contributed by atoms with Gasteiger partial charge in [0.1, 0.15) is 0 Å². The SMILES string of the molecule is CCCC(=O)Nc1ccc(C(=O)C(C)Sc2n[nH]c(=O)n2CCc2ccccc2)cc1. The van der Waals surface area contributed by atoms with Crippen LogP contribution >= 0.6 is 11.8 Å². The van der Waals surface area contributed by atoms with E-state index in [1.54, 1.807) is 35.8 Å². The van der Waals surface area contributed by atoms with Crippen molar-refractivity contribution in [1.82, 2.24) is 14.8 Å². The van der Waals surface area contributed by atoms with Crippen LogP contribution in [0, 0.1) is 0 Å². The van der Waals surface area contributed by atoms with Crippen molar-refractivity contribution in [2.24, 2.45) is 0 Å². The molecule has 2 aromatic carbocycles. The van der Waals surface area contributed by atoms with Crippen molar-refractivity contribution >= 4 is 29.1 Å². The number of Topliss-reactive ketones (excluding diaryl/α,β-unsaturated/α-hetero) is 1. The molecular formula is C23H26N4O3S. The fraction of sp³-hybridized carbons (Fsp3) is 0.304. The fourth-order valence-corrected chi connectivity index (χ4v) is 4.05. The number of aromatic nitrogens is 3. The number of carbonyl (C=O) groups excluding carboxylic acids is 2. The van der Waals surface area contributed by atoms with Crippen LogP contribution < -0.4 is 11.0 Å². The highest BCUT2D eigenvalue weighted by Crippen LogP contribution is 2.24. The Hall–Kier alpha value is -3.13. The van der Waals surface area contributed by atoms with Crippen molar-refractivity contribution in [3.05, 3.63) is 76.2 Å². The van der Waals surface area contributed by atoms with Gasteiger partial charge in [0.15, 0.2) is 10.9 Å². The number of H-pyrrole nitrogens is 1. The Morgan fingerprint density at radius 2 is 1.84 bits per heavy atom. The minimum atomic E-state index is -0.425. The minimum absolute atomic E-state index is 0.0440. The second-order valence-electron chi connectivity index (χ2n) is 7.20. The van der Waals surface area contributed by atoms with E-state index in [0.717, 1.165) is 12.0 Å². The molecule has 3 aromatic rings. The first-order valence-electron chi connectivity index (χ1n) is 10.3. The zero-order chi connectivity index (χ0) is 22.2. The van der Waals surface area contributed by atoms with Crippen molar-refractivity contribution in [3.8, 4) is 0 Å². The summed E-state index contributed by atoms with van der Waals surface area (Å²) in [6.07, 6.45) is 1.94. The summed E-state index contributed by atoms with van der Waals surface area (Å²) in [6, 6.07) is 16.8. The highest BCUT2D eigenvalue weighted by Gasteiger charge is 2.20. The molecule has 3 rings (SSSR count). The smallest absolute Gasteiger partial charge is 0.326 e. The van der Waals surface area contributed by atoms with Gasteiger partial charge in [0.25, 0.3) is 0 Å². The molecule has 1 aromatic heterocycles. The number of hydrogen-bond donors (Lipinski definition) is 2. The predicted molar refractivity (Wildman–Crippen MR) is 123 cm³/mol. The second-order valence-corrected chi connectivity index (χ2v) is 8.51. The average molecular weight is 439 g/mol. The third kappa shape index (κ3) is 6.18. The number of thioether (sulfide) groups is 1. The molecule has 0 fully saturated rings. The zero-order valence-corrected chi connectivity index (χ0v) is 18.4. The minimum Gasteiger partial charge on any atom is -0.326 e. The Kier molecular flexibility index (Phi) is 7.83. The first-order valence-corrected chi connectivity index (χ1v) is 11.2. The number of rotatable bonds is 10. The summed E-state index contributed by atoms with van der Waals surface area (Å²) in [5.74, 6) is -0.112. The van der Waals surface area contributed by atoms with Gasteiger partial charge in [-0.2, -0.15) is 0 Å². The van der Waals surface area contributed by atoms with Crippen molar-refractivity contribution < 1.29 is 9.59 Å². The van der Waals surface area contributed by atoms with Crippen molar-refractivity contribution in [2.45, 2.75) is 50.1 Å². The third-order valence-electron chi connectivity index (χ3n) is 4.77. The van der Waals surface area contributed by atoms with E-state index in [9.17, 15) is 14.4 Å². The number of aromatic amines is 1. The lowest BCUT2D eigenvalue weighted by atomic mass is 10.1. The molecule has 162 valence electrons. The van der Waals surface area contributed by atoms with E-state index in [4.69, 9.17) is 0 Å².